The summed E-state index contributed by atoms with van der Waals surface area (Å²) in [5.41, 5.74) is 2.44. The molecule has 0 aliphatic carbocycles. The molecule has 0 fully saturated rings. The predicted molar refractivity (Wildman–Crippen MR) is 54.4 cm³/mol. The number of aromatic amines is 1. The lowest BCUT2D eigenvalue weighted by Gasteiger charge is -2.05. The lowest BCUT2D eigenvalue weighted by Crippen LogP contribution is -2.12. The Morgan fingerprint density at radius 2 is 2.33 bits per heavy atom. The number of aromatic nitrogens is 3. The molecule has 0 radical (unpaired) electrons. The van der Waals surface area contributed by atoms with Crippen molar-refractivity contribution in [1.29, 1.82) is 0 Å². The van der Waals surface area contributed by atoms with Crippen molar-refractivity contribution in [2.75, 3.05) is 0 Å². The SMILES string of the molecule is CC(Cc1cccc2n[nH]nc12)C(=O)O. The van der Waals surface area contributed by atoms with Crippen molar-refractivity contribution >= 4 is 17.0 Å². The lowest BCUT2D eigenvalue weighted by molar-refractivity contribution is -0.141. The predicted octanol–water partition coefficient (Wildman–Crippen LogP) is 1.22. The van der Waals surface area contributed by atoms with E-state index in [1.54, 1.807) is 6.92 Å². The Balaban J connectivity index is 2.35. The number of carboxylic acid groups (broad SMARTS) is 1. The van der Waals surface area contributed by atoms with Gasteiger partial charge in [-0.1, -0.05) is 19.1 Å². The molecule has 2 aromatic rings. The number of fused-ring (bicyclic) bond motifs is 1. The second kappa shape index (κ2) is 3.68. The van der Waals surface area contributed by atoms with Crippen LogP contribution in [0.4, 0.5) is 0 Å². The van der Waals surface area contributed by atoms with E-state index in [4.69, 9.17) is 5.11 Å². The molecule has 0 amide bonds. The van der Waals surface area contributed by atoms with Crippen LogP contribution in [0.25, 0.3) is 11.0 Å². The van der Waals surface area contributed by atoms with Gasteiger partial charge in [-0.25, -0.2) is 0 Å². The molecule has 0 saturated heterocycles. The van der Waals surface area contributed by atoms with E-state index in [1.165, 1.54) is 0 Å². The zero-order chi connectivity index (χ0) is 10.8. The van der Waals surface area contributed by atoms with Crippen LogP contribution in [0.5, 0.6) is 0 Å². The van der Waals surface area contributed by atoms with E-state index in [0.29, 0.717) is 6.42 Å². The van der Waals surface area contributed by atoms with Crippen LogP contribution in [0, 0.1) is 5.92 Å². The molecule has 1 aromatic carbocycles. The minimum atomic E-state index is -0.796. The molecule has 1 heterocycles. The summed E-state index contributed by atoms with van der Waals surface area (Å²) in [6.45, 7) is 1.68. The average Bonchev–Trinajstić information content (AvgIpc) is 2.66. The Morgan fingerprint density at radius 1 is 1.53 bits per heavy atom. The van der Waals surface area contributed by atoms with Crippen molar-refractivity contribution in [2.45, 2.75) is 13.3 Å². The number of para-hydroxylation sites is 1. The summed E-state index contributed by atoms with van der Waals surface area (Å²) in [5.74, 6) is -1.21. The molecule has 2 rings (SSSR count). The second-order valence-electron chi connectivity index (χ2n) is 3.55. The molecule has 0 saturated carbocycles. The van der Waals surface area contributed by atoms with Gasteiger partial charge in [-0.15, -0.1) is 0 Å². The number of nitrogens with zero attached hydrogens (tertiary/aromatic N) is 2. The zero-order valence-corrected chi connectivity index (χ0v) is 8.27. The summed E-state index contributed by atoms with van der Waals surface area (Å²) in [5, 5.41) is 19.3. The first-order chi connectivity index (χ1) is 7.18. The fraction of sp³-hybridized carbons (Fsp3) is 0.300. The molecule has 1 atom stereocenters. The minimum absolute atomic E-state index is 0.410. The molecule has 5 nitrogen and oxygen atoms in total. The maximum Gasteiger partial charge on any atom is 0.306 e. The molecule has 15 heavy (non-hydrogen) atoms. The number of nitrogens with one attached hydrogen (secondary N) is 1. The van der Waals surface area contributed by atoms with Gasteiger partial charge >= 0.3 is 5.97 Å². The van der Waals surface area contributed by atoms with Gasteiger partial charge in [0, 0.05) is 0 Å². The number of hydrogen-bond acceptors (Lipinski definition) is 3. The van der Waals surface area contributed by atoms with Crippen molar-refractivity contribution < 1.29 is 9.90 Å². The van der Waals surface area contributed by atoms with Crippen molar-refractivity contribution in [3.05, 3.63) is 23.8 Å². The van der Waals surface area contributed by atoms with Gasteiger partial charge in [0.25, 0.3) is 0 Å². The number of carbonyl (C=O) groups is 1. The van der Waals surface area contributed by atoms with E-state index in [-0.39, 0.29) is 0 Å². The Labute approximate surface area is 86.1 Å². The topological polar surface area (TPSA) is 78.9 Å². The van der Waals surface area contributed by atoms with Crippen molar-refractivity contribution in [3.63, 3.8) is 0 Å². The minimum Gasteiger partial charge on any atom is -0.481 e. The zero-order valence-electron chi connectivity index (χ0n) is 8.27. The smallest absolute Gasteiger partial charge is 0.306 e. The third-order valence-electron chi connectivity index (χ3n) is 2.38. The molecule has 78 valence electrons. The molecule has 0 spiro atoms. The molecule has 1 unspecified atom stereocenters. The van der Waals surface area contributed by atoms with E-state index in [1.807, 2.05) is 18.2 Å². The van der Waals surface area contributed by atoms with E-state index in [2.05, 4.69) is 15.4 Å². The molecule has 5 heteroatoms. The van der Waals surface area contributed by atoms with Gasteiger partial charge in [0.2, 0.25) is 0 Å². The highest BCUT2D eigenvalue weighted by Crippen LogP contribution is 2.17. The summed E-state index contributed by atoms with van der Waals surface area (Å²) >= 11 is 0. The first kappa shape index (κ1) is 9.64. The molecular weight excluding hydrogens is 194 g/mol. The van der Waals surface area contributed by atoms with Crippen molar-refractivity contribution in [3.8, 4) is 0 Å². The first-order valence-electron chi connectivity index (χ1n) is 4.69. The number of rotatable bonds is 3. The normalized spacial score (nSPS) is 12.9. The van der Waals surface area contributed by atoms with Gasteiger partial charge in [-0.05, 0) is 18.1 Å². The van der Waals surface area contributed by atoms with Crippen LogP contribution in [0.15, 0.2) is 18.2 Å². The van der Waals surface area contributed by atoms with Crippen LogP contribution >= 0.6 is 0 Å². The Bertz CT molecular complexity index is 492. The fourth-order valence-electron chi connectivity index (χ4n) is 1.51. The Kier molecular flexibility index (Phi) is 2.37. The number of aliphatic carboxylic acids is 1. The van der Waals surface area contributed by atoms with Crippen LogP contribution in [-0.4, -0.2) is 26.5 Å². The quantitative estimate of drug-likeness (QED) is 0.789. The number of hydrogen-bond donors (Lipinski definition) is 2. The lowest BCUT2D eigenvalue weighted by atomic mass is 10.0. The van der Waals surface area contributed by atoms with E-state index >= 15 is 0 Å². The summed E-state index contributed by atoms with van der Waals surface area (Å²) in [6, 6.07) is 5.58. The Hall–Kier alpha value is -1.91. The van der Waals surface area contributed by atoms with Crippen molar-refractivity contribution in [1.82, 2.24) is 15.4 Å². The first-order valence-corrected chi connectivity index (χ1v) is 4.69. The second-order valence-corrected chi connectivity index (χ2v) is 3.55. The number of benzene rings is 1. The van der Waals surface area contributed by atoms with Gasteiger partial charge in [0.1, 0.15) is 11.0 Å². The van der Waals surface area contributed by atoms with Gasteiger partial charge in [-0.2, -0.15) is 15.4 Å². The van der Waals surface area contributed by atoms with Gasteiger partial charge < -0.3 is 5.11 Å². The molecule has 0 bridgehead atoms. The Morgan fingerprint density at radius 3 is 3.07 bits per heavy atom. The highest BCUT2D eigenvalue weighted by molar-refractivity contribution is 5.78. The summed E-state index contributed by atoms with van der Waals surface area (Å²) in [6.07, 6.45) is 0.471. The molecule has 0 aliphatic heterocycles. The highest BCUT2D eigenvalue weighted by atomic mass is 16.4. The van der Waals surface area contributed by atoms with Gasteiger partial charge in [-0.3, -0.25) is 4.79 Å². The number of H-pyrrole nitrogens is 1. The summed E-state index contributed by atoms with van der Waals surface area (Å²) in [4.78, 5) is 10.7. The maximum absolute atomic E-state index is 10.7. The third-order valence-corrected chi connectivity index (χ3v) is 2.38. The maximum atomic E-state index is 10.7. The average molecular weight is 205 g/mol. The van der Waals surface area contributed by atoms with E-state index in [9.17, 15) is 4.79 Å². The monoisotopic (exact) mass is 205 g/mol. The third kappa shape index (κ3) is 1.81. The van der Waals surface area contributed by atoms with Crippen LogP contribution in [0.1, 0.15) is 12.5 Å². The van der Waals surface area contributed by atoms with Crippen LogP contribution in [0.2, 0.25) is 0 Å². The fourth-order valence-corrected chi connectivity index (χ4v) is 1.51. The molecule has 0 aliphatic rings. The summed E-state index contributed by atoms with van der Waals surface area (Å²) in [7, 11) is 0. The van der Waals surface area contributed by atoms with Gasteiger partial charge in [0.15, 0.2) is 0 Å². The van der Waals surface area contributed by atoms with Gasteiger partial charge in [0.05, 0.1) is 5.92 Å². The number of carboxylic acids is 1. The van der Waals surface area contributed by atoms with Crippen molar-refractivity contribution in [2.24, 2.45) is 5.92 Å². The van der Waals surface area contributed by atoms with Crippen LogP contribution < -0.4 is 0 Å². The standard InChI is InChI=1S/C10H11N3O2/c1-6(10(14)15)5-7-3-2-4-8-9(7)12-13-11-8/h2-4,6H,5H2,1H3,(H,14,15)(H,11,12,13). The highest BCUT2D eigenvalue weighted by Gasteiger charge is 2.14. The largest absolute Gasteiger partial charge is 0.481 e. The van der Waals surface area contributed by atoms with E-state index < -0.39 is 11.9 Å². The van der Waals surface area contributed by atoms with Crippen LogP contribution in [-0.2, 0) is 11.2 Å². The molecular formula is C10H11N3O2. The van der Waals surface area contributed by atoms with E-state index in [0.717, 1.165) is 16.6 Å². The summed E-state index contributed by atoms with van der Waals surface area (Å²) < 4.78 is 0. The molecule has 1 aromatic heterocycles. The van der Waals surface area contributed by atoms with Crippen LogP contribution in [0.3, 0.4) is 0 Å². The molecule has 2 N–H and O–H groups in total.